The van der Waals surface area contributed by atoms with Crippen molar-refractivity contribution in [2.75, 3.05) is 0 Å². The molecule has 0 aliphatic heterocycles. The highest BCUT2D eigenvalue weighted by Crippen LogP contribution is 2.21. The van der Waals surface area contributed by atoms with Gasteiger partial charge in [0.2, 0.25) is 0 Å². The van der Waals surface area contributed by atoms with Gasteiger partial charge in [0.05, 0.1) is 22.4 Å². The molecule has 0 radical (unpaired) electrons. The highest BCUT2D eigenvalue weighted by molar-refractivity contribution is 9.10. The van der Waals surface area contributed by atoms with Gasteiger partial charge in [-0.1, -0.05) is 37.1 Å². The predicted octanol–water partition coefficient (Wildman–Crippen LogP) is 3.79. The van der Waals surface area contributed by atoms with E-state index in [1.54, 1.807) is 4.68 Å². The minimum Gasteiger partial charge on any atom is -0.220 e. The topological polar surface area (TPSA) is 30.7 Å². The third-order valence-corrected chi connectivity index (χ3v) is 3.14. The molecule has 1 atom stereocenters. The van der Waals surface area contributed by atoms with Crippen LogP contribution in [-0.2, 0) is 0 Å². The highest BCUT2D eigenvalue weighted by atomic mass is 79.9. The van der Waals surface area contributed by atoms with E-state index in [4.69, 9.17) is 0 Å². The lowest BCUT2D eigenvalue weighted by Gasteiger charge is -2.02. The van der Waals surface area contributed by atoms with Gasteiger partial charge in [0.25, 0.3) is 0 Å². The van der Waals surface area contributed by atoms with Crippen molar-refractivity contribution >= 4 is 31.9 Å². The number of benzene rings is 1. The van der Waals surface area contributed by atoms with Crippen molar-refractivity contribution in [3.63, 3.8) is 0 Å². The quantitative estimate of drug-likeness (QED) is 0.776. The lowest BCUT2D eigenvalue weighted by molar-refractivity contribution is 0.796. The van der Waals surface area contributed by atoms with Crippen LogP contribution in [0.1, 0.15) is 23.0 Å². The van der Waals surface area contributed by atoms with Crippen molar-refractivity contribution < 1.29 is 0 Å². The van der Waals surface area contributed by atoms with Crippen LogP contribution in [0.15, 0.2) is 28.9 Å². The molecule has 0 N–H and O–H groups in total. The molecule has 2 rings (SSSR count). The van der Waals surface area contributed by atoms with Gasteiger partial charge < -0.3 is 0 Å². The second-order valence-electron chi connectivity index (χ2n) is 3.69. The average Bonchev–Trinajstić information content (AvgIpc) is 2.64. The van der Waals surface area contributed by atoms with E-state index in [1.807, 2.05) is 19.2 Å². The summed E-state index contributed by atoms with van der Waals surface area (Å²) in [7, 11) is 0. The second kappa shape index (κ2) is 4.67. The third kappa shape index (κ3) is 2.52. The number of hydrogen-bond acceptors (Lipinski definition) is 2. The third-order valence-electron chi connectivity index (χ3n) is 2.21. The molecule has 0 bridgehead atoms. The first kappa shape index (κ1) is 11.8. The number of aryl methyl sites for hydroxylation is 1. The van der Waals surface area contributed by atoms with Crippen molar-refractivity contribution in [1.82, 2.24) is 15.0 Å². The first-order valence-electron chi connectivity index (χ1n) is 4.90. The number of nitrogens with zero attached hydrogens (tertiary/aromatic N) is 3. The summed E-state index contributed by atoms with van der Waals surface area (Å²) in [5, 5.41) is 8.21. The maximum absolute atomic E-state index is 4.11. The van der Waals surface area contributed by atoms with E-state index >= 15 is 0 Å². The zero-order chi connectivity index (χ0) is 11.7. The maximum atomic E-state index is 4.11. The van der Waals surface area contributed by atoms with Gasteiger partial charge in [0.1, 0.15) is 0 Å². The van der Waals surface area contributed by atoms with Crippen LogP contribution in [0.5, 0.6) is 0 Å². The molecule has 0 aliphatic carbocycles. The maximum Gasteiger partial charge on any atom is 0.0965 e. The summed E-state index contributed by atoms with van der Waals surface area (Å²) in [6.45, 7) is 4.08. The highest BCUT2D eigenvalue weighted by Gasteiger charge is 2.07. The van der Waals surface area contributed by atoms with E-state index in [0.29, 0.717) is 0 Å². The second-order valence-corrected chi connectivity index (χ2v) is 5.98. The Balaban J connectivity index is 2.42. The normalized spacial score (nSPS) is 12.8. The van der Waals surface area contributed by atoms with Crippen LogP contribution in [0, 0.1) is 6.92 Å². The Morgan fingerprint density at radius 3 is 2.62 bits per heavy atom. The molecule has 1 unspecified atom stereocenters. The summed E-state index contributed by atoms with van der Waals surface area (Å²) in [5.74, 6) is 0. The van der Waals surface area contributed by atoms with E-state index in [1.165, 1.54) is 5.56 Å². The molecular weight excluding hydrogens is 334 g/mol. The molecule has 16 heavy (non-hydrogen) atoms. The molecule has 1 aromatic heterocycles. The van der Waals surface area contributed by atoms with E-state index < -0.39 is 0 Å². The SMILES string of the molecule is Cc1cc(Br)cc(-n2cc(C(C)Br)nn2)c1. The first-order chi connectivity index (χ1) is 7.56. The standard InChI is InChI=1S/C11H11Br2N3/c1-7-3-9(13)5-10(4-7)16-6-11(8(2)12)14-15-16/h3-6,8H,1-2H3. The Bertz CT molecular complexity index is 485. The Kier molecular flexibility index (Phi) is 3.44. The van der Waals surface area contributed by atoms with E-state index in [2.05, 4.69) is 61.2 Å². The first-order valence-corrected chi connectivity index (χ1v) is 6.61. The fourth-order valence-electron chi connectivity index (χ4n) is 1.43. The summed E-state index contributed by atoms with van der Waals surface area (Å²) in [4.78, 5) is 0.217. The summed E-state index contributed by atoms with van der Waals surface area (Å²) in [6, 6.07) is 6.15. The lowest BCUT2D eigenvalue weighted by Crippen LogP contribution is -1.95. The van der Waals surface area contributed by atoms with Crippen molar-refractivity contribution in [2.24, 2.45) is 0 Å². The molecule has 2 aromatic rings. The monoisotopic (exact) mass is 343 g/mol. The van der Waals surface area contributed by atoms with E-state index in [9.17, 15) is 0 Å². The Hall–Kier alpha value is -0.680. The van der Waals surface area contributed by atoms with Crippen molar-refractivity contribution in [3.8, 4) is 5.69 Å². The fraction of sp³-hybridized carbons (Fsp3) is 0.273. The predicted molar refractivity (Wildman–Crippen MR) is 71.1 cm³/mol. The molecular formula is C11H11Br2N3. The summed E-state index contributed by atoms with van der Waals surface area (Å²) in [5.41, 5.74) is 3.13. The molecule has 1 heterocycles. The van der Waals surface area contributed by atoms with Gasteiger partial charge in [-0.15, -0.1) is 5.10 Å². The smallest absolute Gasteiger partial charge is 0.0965 e. The largest absolute Gasteiger partial charge is 0.220 e. The molecule has 0 amide bonds. The zero-order valence-electron chi connectivity index (χ0n) is 8.98. The molecule has 0 saturated heterocycles. The van der Waals surface area contributed by atoms with Gasteiger partial charge in [-0.25, -0.2) is 4.68 Å². The van der Waals surface area contributed by atoms with Crippen molar-refractivity contribution in [2.45, 2.75) is 18.7 Å². The van der Waals surface area contributed by atoms with Gasteiger partial charge in [-0.3, -0.25) is 0 Å². The molecule has 0 fully saturated rings. The zero-order valence-corrected chi connectivity index (χ0v) is 12.2. The van der Waals surface area contributed by atoms with Crippen LogP contribution < -0.4 is 0 Å². The Morgan fingerprint density at radius 2 is 2.06 bits per heavy atom. The van der Waals surface area contributed by atoms with Crippen LogP contribution in [0.4, 0.5) is 0 Å². The summed E-state index contributed by atoms with van der Waals surface area (Å²) in [6.07, 6.45) is 1.93. The number of aromatic nitrogens is 3. The lowest BCUT2D eigenvalue weighted by atomic mass is 10.2. The van der Waals surface area contributed by atoms with Crippen LogP contribution in [0.2, 0.25) is 0 Å². The van der Waals surface area contributed by atoms with Crippen LogP contribution in [-0.4, -0.2) is 15.0 Å². The number of rotatable bonds is 2. The Labute approximate surface area is 111 Å². The molecule has 5 heteroatoms. The average molecular weight is 345 g/mol. The minimum atomic E-state index is 0.217. The molecule has 0 saturated carbocycles. The fourth-order valence-corrected chi connectivity index (χ4v) is 2.24. The molecule has 84 valence electrons. The van der Waals surface area contributed by atoms with Crippen molar-refractivity contribution in [3.05, 3.63) is 40.1 Å². The molecule has 0 spiro atoms. The van der Waals surface area contributed by atoms with E-state index in [-0.39, 0.29) is 4.83 Å². The van der Waals surface area contributed by atoms with Crippen LogP contribution in [0.25, 0.3) is 5.69 Å². The summed E-state index contributed by atoms with van der Waals surface area (Å²) < 4.78 is 2.83. The van der Waals surface area contributed by atoms with Gasteiger partial charge >= 0.3 is 0 Å². The number of halogens is 2. The minimum absolute atomic E-state index is 0.217. The Morgan fingerprint density at radius 1 is 1.31 bits per heavy atom. The molecule has 0 aliphatic rings. The van der Waals surface area contributed by atoms with E-state index in [0.717, 1.165) is 15.9 Å². The van der Waals surface area contributed by atoms with Gasteiger partial charge in [0, 0.05) is 4.47 Å². The van der Waals surface area contributed by atoms with Gasteiger partial charge in [0.15, 0.2) is 0 Å². The van der Waals surface area contributed by atoms with Crippen molar-refractivity contribution in [1.29, 1.82) is 0 Å². The van der Waals surface area contributed by atoms with Gasteiger partial charge in [-0.05, 0) is 37.6 Å². The summed E-state index contributed by atoms with van der Waals surface area (Å²) >= 11 is 6.95. The number of hydrogen-bond donors (Lipinski definition) is 0. The number of alkyl halides is 1. The van der Waals surface area contributed by atoms with Gasteiger partial charge in [-0.2, -0.15) is 0 Å². The molecule has 3 nitrogen and oxygen atoms in total. The van der Waals surface area contributed by atoms with Crippen LogP contribution in [0.3, 0.4) is 0 Å². The molecule has 1 aromatic carbocycles. The van der Waals surface area contributed by atoms with Crippen LogP contribution >= 0.6 is 31.9 Å².